The van der Waals surface area contributed by atoms with Crippen molar-refractivity contribution in [3.63, 3.8) is 0 Å². The molecular weight excluding hydrogens is 336 g/mol. The number of carbonyl (C=O) groups is 4. The van der Waals surface area contributed by atoms with Crippen LogP contribution in [0, 0.1) is 10.8 Å². The third kappa shape index (κ3) is 4.51. The van der Waals surface area contributed by atoms with Crippen LogP contribution in [0.5, 0.6) is 0 Å². The predicted molar refractivity (Wildman–Crippen MR) is 96.8 cm³/mol. The molecule has 1 aliphatic heterocycles. The molecular formula is C19H30N2O5. The SMILES string of the molecule is CC(=O)O/C(C)=C\C(=O)N1C(=O)N(C(C)=O)[C@H](C(C)(C)C)[C@H]1C(C)(C)C. The van der Waals surface area contributed by atoms with Gasteiger partial charge in [-0.15, -0.1) is 0 Å². The van der Waals surface area contributed by atoms with Crippen LogP contribution in [-0.2, 0) is 19.1 Å². The molecule has 0 N–H and O–H groups in total. The minimum absolute atomic E-state index is 0.0940. The molecule has 1 saturated heterocycles. The lowest BCUT2D eigenvalue weighted by Gasteiger charge is -2.42. The maximum absolute atomic E-state index is 13.0. The van der Waals surface area contributed by atoms with Gasteiger partial charge < -0.3 is 4.74 Å². The predicted octanol–water partition coefficient (Wildman–Crippen LogP) is 3.09. The topological polar surface area (TPSA) is 84.0 Å². The van der Waals surface area contributed by atoms with Crippen LogP contribution in [0.3, 0.4) is 0 Å². The van der Waals surface area contributed by atoms with E-state index in [0.29, 0.717) is 0 Å². The molecule has 26 heavy (non-hydrogen) atoms. The monoisotopic (exact) mass is 366 g/mol. The number of rotatable bonds is 2. The normalized spacial score (nSPS) is 21.9. The third-order valence-corrected chi connectivity index (χ3v) is 4.25. The summed E-state index contributed by atoms with van der Waals surface area (Å²) in [6.45, 7) is 15.6. The quantitative estimate of drug-likeness (QED) is 0.426. The highest BCUT2D eigenvalue weighted by Gasteiger charge is 2.57. The summed E-state index contributed by atoms with van der Waals surface area (Å²) in [5, 5.41) is 0. The standard InChI is InChI=1S/C19H30N2O5/c1-11(26-13(3)23)10-14(24)21-16(19(7,8)9)15(18(4,5)6)20(12(2)22)17(21)25/h10,15-16H,1-9H3/b11-10-/t15-,16-/m0/s1. The van der Waals surface area contributed by atoms with Crippen LogP contribution in [0.2, 0.25) is 0 Å². The molecule has 7 heteroatoms. The van der Waals surface area contributed by atoms with Gasteiger partial charge in [-0.25, -0.2) is 4.79 Å². The van der Waals surface area contributed by atoms with Crippen LogP contribution >= 0.6 is 0 Å². The van der Waals surface area contributed by atoms with Gasteiger partial charge in [0, 0.05) is 19.9 Å². The minimum atomic E-state index is -0.644. The summed E-state index contributed by atoms with van der Waals surface area (Å²) in [4.78, 5) is 51.4. The zero-order valence-corrected chi connectivity index (χ0v) is 17.2. The first-order chi connectivity index (χ1) is 11.6. The lowest BCUT2D eigenvalue weighted by molar-refractivity contribution is -0.137. The van der Waals surface area contributed by atoms with E-state index in [4.69, 9.17) is 4.74 Å². The molecule has 0 radical (unpaired) electrons. The van der Waals surface area contributed by atoms with Crippen LogP contribution in [-0.4, -0.2) is 45.7 Å². The average Bonchev–Trinajstić information content (AvgIpc) is 2.70. The first-order valence-corrected chi connectivity index (χ1v) is 8.62. The first-order valence-electron chi connectivity index (χ1n) is 8.62. The zero-order valence-electron chi connectivity index (χ0n) is 17.2. The number of nitrogens with zero attached hydrogens (tertiary/aromatic N) is 2. The second-order valence-corrected chi connectivity index (χ2v) is 8.85. The maximum atomic E-state index is 13.0. The number of imide groups is 2. The van der Waals surface area contributed by atoms with Crippen LogP contribution in [0.4, 0.5) is 4.79 Å². The summed E-state index contributed by atoms with van der Waals surface area (Å²) in [6, 6.07) is -1.64. The van der Waals surface area contributed by atoms with E-state index in [9.17, 15) is 19.2 Å². The molecule has 1 rings (SSSR count). The number of amides is 4. The summed E-state index contributed by atoms with van der Waals surface area (Å²) < 4.78 is 4.89. The molecule has 0 aliphatic carbocycles. The van der Waals surface area contributed by atoms with Crippen LogP contribution in [0.15, 0.2) is 11.8 Å². The second-order valence-electron chi connectivity index (χ2n) is 8.85. The van der Waals surface area contributed by atoms with Crippen molar-refractivity contribution in [3.05, 3.63) is 11.8 Å². The number of urea groups is 1. The summed E-state index contributed by atoms with van der Waals surface area (Å²) in [5.41, 5.74) is -0.889. The van der Waals surface area contributed by atoms with Crippen molar-refractivity contribution >= 4 is 23.8 Å². The summed E-state index contributed by atoms with van der Waals surface area (Å²) in [6.07, 6.45) is 1.11. The van der Waals surface area contributed by atoms with Crippen molar-refractivity contribution in [2.75, 3.05) is 0 Å². The highest BCUT2D eigenvalue weighted by molar-refractivity contribution is 6.07. The second kappa shape index (κ2) is 7.21. The molecule has 0 spiro atoms. The Hall–Kier alpha value is -2.18. The fourth-order valence-electron chi connectivity index (χ4n) is 3.42. The third-order valence-electron chi connectivity index (χ3n) is 4.25. The highest BCUT2D eigenvalue weighted by Crippen LogP contribution is 2.43. The van der Waals surface area contributed by atoms with E-state index in [2.05, 4.69) is 0 Å². The Morgan fingerprint density at radius 1 is 0.885 bits per heavy atom. The van der Waals surface area contributed by atoms with Gasteiger partial charge in [0.2, 0.25) is 5.91 Å². The Morgan fingerprint density at radius 3 is 1.65 bits per heavy atom. The van der Waals surface area contributed by atoms with E-state index in [1.54, 1.807) is 0 Å². The van der Waals surface area contributed by atoms with Crippen LogP contribution in [0.1, 0.15) is 62.3 Å². The van der Waals surface area contributed by atoms with Crippen LogP contribution < -0.4 is 0 Å². The molecule has 7 nitrogen and oxygen atoms in total. The van der Waals surface area contributed by atoms with Gasteiger partial charge in [0.05, 0.1) is 12.1 Å². The number of carbonyl (C=O) groups excluding carboxylic acids is 4. The van der Waals surface area contributed by atoms with Gasteiger partial charge in [0.1, 0.15) is 5.76 Å². The molecule has 1 fully saturated rings. The molecule has 0 aromatic carbocycles. The largest absolute Gasteiger partial charge is 0.431 e. The fraction of sp³-hybridized carbons (Fsp3) is 0.684. The highest BCUT2D eigenvalue weighted by atomic mass is 16.5. The van der Waals surface area contributed by atoms with E-state index in [0.717, 1.165) is 11.0 Å². The number of ether oxygens (including phenoxy) is 1. The van der Waals surface area contributed by atoms with Gasteiger partial charge in [-0.3, -0.25) is 24.2 Å². The smallest absolute Gasteiger partial charge is 0.334 e. The zero-order chi connectivity index (χ0) is 20.6. The summed E-state index contributed by atoms with van der Waals surface area (Å²) >= 11 is 0. The van der Waals surface area contributed by atoms with Gasteiger partial charge in [-0.05, 0) is 17.8 Å². The summed E-state index contributed by atoms with van der Waals surface area (Å²) in [7, 11) is 0. The Labute approximate surface area is 155 Å². The number of hydrogen-bond acceptors (Lipinski definition) is 5. The van der Waals surface area contributed by atoms with E-state index in [-0.39, 0.29) is 5.76 Å². The van der Waals surface area contributed by atoms with Gasteiger partial charge in [0.15, 0.2) is 0 Å². The van der Waals surface area contributed by atoms with Gasteiger partial charge in [-0.1, -0.05) is 41.5 Å². The molecule has 0 aromatic heterocycles. The van der Waals surface area contributed by atoms with Crippen molar-refractivity contribution in [3.8, 4) is 0 Å². The minimum Gasteiger partial charge on any atom is -0.431 e. The lowest BCUT2D eigenvalue weighted by Crippen LogP contribution is -2.53. The molecule has 146 valence electrons. The Kier molecular flexibility index (Phi) is 6.06. The molecule has 0 aromatic rings. The lowest BCUT2D eigenvalue weighted by atomic mass is 9.72. The van der Waals surface area contributed by atoms with Gasteiger partial charge >= 0.3 is 12.0 Å². The molecule has 2 atom stereocenters. The molecule has 0 saturated carbocycles. The maximum Gasteiger partial charge on any atom is 0.334 e. The fourth-order valence-corrected chi connectivity index (χ4v) is 3.42. The Bertz CT molecular complexity index is 652. The molecule has 4 amide bonds. The number of hydrogen-bond donors (Lipinski definition) is 0. The Balaban J connectivity index is 3.48. The first kappa shape index (κ1) is 21.9. The van der Waals surface area contributed by atoms with Crippen LogP contribution in [0.25, 0.3) is 0 Å². The van der Waals surface area contributed by atoms with Crippen molar-refractivity contribution in [1.29, 1.82) is 0 Å². The van der Waals surface area contributed by atoms with E-state index < -0.39 is 46.7 Å². The molecule has 0 bridgehead atoms. The summed E-state index contributed by atoms with van der Waals surface area (Å²) in [5.74, 6) is -1.46. The van der Waals surface area contributed by atoms with Crippen molar-refractivity contribution < 1.29 is 23.9 Å². The van der Waals surface area contributed by atoms with E-state index in [1.807, 2.05) is 41.5 Å². The number of esters is 1. The number of allylic oxidation sites excluding steroid dienone is 1. The van der Waals surface area contributed by atoms with E-state index in [1.165, 1.54) is 25.7 Å². The van der Waals surface area contributed by atoms with Crippen molar-refractivity contribution in [2.24, 2.45) is 10.8 Å². The van der Waals surface area contributed by atoms with E-state index >= 15 is 0 Å². The van der Waals surface area contributed by atoms with Crippen molar-refractivity contribution in [2.45, 2.75) is 74.4 Å². The van der Waals surface area contributed by atoms with Gasteiger partial charge in [-0.2, -0.15) is 0 Å². The molecule has 1 aliphatic rings. The molecule has 1 heterocycles. The average molecular weight is 366 g/mol. The van der Waals surface area contributed by atoms with Gasteiger partial charge in [0.25, 0.3) is 5.91 Å². The van der Waals surface area contributed by atoms with Crippen molar-refractivity contribution in [1.82, 2.24) is 9.80 Å². The Morgan fingerprint density at radius 2 is 1.31 bits per heavy atom. The molecule has 0 unspecified atom stereocenters.